The monoisotopic (exact) mass is 433 g/mol. The zero-order chi connectivity index (χ0) is 23.3. The first-order valence-corrected chi connectivity index (χ1v) is 11.1. The van der Waals surface area contributed by atoms with Gasteiger partial charge in [-0.3, -0.25) is 4.99 Å². The standard InChI is InChI=1S/C27H31NO4/c1-7-31-21-13-19-14-26(3,4)28-24(23(19)20-15-27(5,6)32-25(20)21)18-10-8-17(9-11-18)16(2)12-22(29)30/h8-13H,7,14-15H2,1-6H3,(H,29,30). The maximum absolute atomic E-state index is 11.0. The van der Waals surface area contributed by atoms with Gasteiger partial charge in [0.15, 0.2) is 11.5 Å². The largest absolute Gasteiger partial charge is 0.490 e. The third-order valence-corrected chi connectivity index (χ3v) is 5.93. The fourth-order valence-corrected chi connectivity index (χ4v) is 4.70. The molecule has 2 heterocycles. The van der Waals surface area contributed by atoms with Crippen LogP contribution < -0.4 is 9.47 Å². The van der Waals surface area contributed by atoms with E-state index >= 15 is 0 Å². The number of carbonyl (C=O) groups is 1. The molecule has 0 unspecified atom stereocenters. The highest BCUT2D eigenvalue weighted by Gasteiger charge is 2.39. The van der Waals surface area contributed by atoms with Crippen molar-refractivity contribution in [2.75, 3.05) is 6.61 Å². The zero-order valence-corrected chi connectivity index (χ0v) is 19.7. The van der Waals surface area contributed by atoms with Crippen LogP contribution in [0.4, 0.5) is 0 Å². The first kappa shape index (κ1) is 22.1. The van der Waals surface area contributed by atoms with Gasteiger partial charge in [0.1, 0.15) is 5.60 Å². The summed E-state index contributed by atoms with van der Waals surface area (Å²) < 4.78 is 12.3. The minimum absolute atomic E-state index is 0.243. The molecule has 0 fully saturated rings. The highest BCUT2D eigenvalue weighted by atomic mass is 16.5. The molecule has 0 amide bonds. The van der Waals surface area contributed by atoms with E-state index in [1.54, 1.807) is 6.92 Å². The van der Waals surface area contributed by atoms with E-state index in [0.717, 1.165) is 52.3 Å². The molecule has 5 heteroatoms. The van der Waals surface area contributed by atoms with Gasteiger partial charge in [-0.05, 0) is 70.7 Å². The average Bonchev–Trinajstić information content (AvgIpc) is 3.01. The van der Waals surface area contributed by atoms with E-state index < -0.39 is 5.97 Å². The quantitative estimate of drug-likeness (QED) is 0.636. The molecule has 0 saturated heterocycles. The first-order valence-electron chi connectivity index (χ1n) is 11.1. The fourth-order valence-electron chi connectivity index (χ4n) is 4.70. The van der Waals surface area contributed by atoms with E-state index in [4.69, 9.17) is 19.6 Å². The zero-order valence-electron chi connectivity index (χ0n) is 19.7. The Labute approximate surface area is 189 Å². The van der Waals surface area contributed by atoms with Gasteiger partial charge in [0.05, 0.1) is 17.9 Å². The minimum Gasteiger partial charge on any atom is -0.490 e. The third kappa shape index (κ3) is 4.16. The molecular formula is C27H31NO4. The molecule has 2 aromatic carbocycles. The molecule has 32 heavy (non-hydrogen) atoms. The average molecular weight is 434 g/mol. The van der Waals surface area contributed by atoms with Gasteiger partial charge in [-0.25, -0.2) is 4.79 Å². The molecule has 0 radical (unpaired) electrons. The lowest BCUT2D eigenvalue weighted by Crippen LogP contribution is -2.30. The van der Waals surface area contributed by atoms with Crippen LogP contribution >= 0.6 is 0 Å². The van der Waals surface area contributed by atoms with Crippen LogP contribution in [0.2, 0.25) is 0 Å². The Bertz CT molecular complexity index is 1140. The van der Waals surface area contributed by atoms with Gasteiger partial charge in [-0.2, -0.15) is 0 Å². The fraction of sp³-hybridized carbons (Fsp3) is 0.407. The Kier molecular flexibility index (Phi) is 5.40. The second kappa shape index (κ2) is 7.80. The summed E-state index contributed by atoms with van der Waals surface area (Å²) in [5, 5.41) is 9.05. The predicted molar refractivity (Wildman–Crippen MR) is 127 cm³/mol. The number of nitrogens with zero attached hydrogens (tertiary/aromatic N) is 1. The van der Waals surface area contributed by atoms with Gasteiger partial charge in [-0.1, -0.05) is 24.3 Å². The normalized spacial score (nSPS) is 18.3. The minimum atomic E-state index is -0.942. The summed E-state index contributed by atoms with van der Waals surface area (Å²) >= 11 is 0. The number of aliphatic carboxylic acids is 1. The number of hydrogen-bond donors (Lipinski definition) is 1. The molecule has 2 aromatic rings. The Hall–Kier alpha value is -3.08. The van der Waals surface area contributed by atoms with Crippen molar-refractivity contribution in [3.8, 4) is 11.5 Å². The molecule has 4 rings (SSSR count). The van der Waals surface area contributed by atoms with Crippen molar-refractivity contribution in [3.05, 3.63) is 64.2 Å². The summed E-state index contributed by atoms with van der Waals surface area (Å²) in [6.07, 6.45) is 2.86. The Morgan fingerprint density at radius 1 is 1.19 bits per heavy atom. The topological polar surface area (TPSA) is 68.1 Å². The van der Waals surface area contributed by atoms with Gasteiger partial charge >= 0.3 is 5.97 Å². The Balaban J connectivity index is 1.86. The van der Waals surface area contributed by atoms with Gasteiger partial charge in [-0.15, -0.1) is 0 Å². The van der Waals surface area contributed by atoms with Crippen molar-refractivity contribution in [2.24, 2.45) is 4.99 Å². The van der Waals surface area contributed by atoms with E-state index in [-0.39, 0.29) is 11.1 Å². The molecule has 0 aliphatic carbocycles. The molecular weight excluding hydrogens is 402 g/mol. The van der Waals surface area contributed by atoms with E-state index in [2.05, 4.69) is 33.8 Å². The molecule has 0 atom stereocenters. The number of carboxylic acids is 1. The highest BCUT2D eigenvalue weighted by Crippen LogP contribution is 2.48. The number of ether oxygens (including phenoxy) is 2. The lowest BCUT2D eigenvalue weighted by atomic mass is 9.81. The van der Waals surface area contributed by atoms with Crippen LogP contribution in [0.1, 0.15) is 69.4 Å². The van der Waals surface area contributed by atoms with Gasteiger partial charge in [0.2, 0.25) is 0 Å². The van der Waals surface area contributed by atoms with Crippen molar-refractivity contribution in [1.82, 2.24) is 0 Å². The lowest BCUT2D eigenvalue weighted by Gasteiger charge is -2.31. The molecule has 0 bridgehead atoms. The van der Waals surface area contributed by atoms with E-state index in [1.807, 2.05) is 31.2 Å². The van der Waals surface area contributed by atoms with E-state index in [0.29, 0.717) is 12.2 Å². The van der Waals surface area contributed by atoms with Crippen LogP contribution in [0.5, 0.6) is 11.5 Å². The summed E-state index contributed by atoms with van der Waals surface area (Å²) in [6.45, 7) is 12.9. The highest BCUT2D eigenvalue weighted by molar-refractivity contribution is 6.16. The van der Waals surface area contributed by atoms with Crippen molar-refractivity contribution < 1.29 is 19.4 Å². The van der Waals surface area contributed by atoms with Gasteiger partial charge < -0.3 is 14.6 Å². The van der Waals surface area contributed by atoms with Crippen molar-refractivity contribution in [3.63, 3.8) is 0 Å². The number of allylic oxidation sites excluding steroid dienone is 1. The van der Waals surface area contributed by atoms with Crippen molar-refractivity contribution in [2.45, 2.75) is 65.5 Å². The van der Waals surface area contributed by atoms with E-state index in [1.165, 1.54) is 11.6 Å². The first-order chi connectivity index (χ1) is 15.0. The lowest BCUT2D eigenvalue weighted by molar-refractivity contribution is -0.131. The Morgan fingerprint density at radius 2 is 1.88 bits per heavy atom. The molecule has 0 aromatic heterocycles. The maximum atomic E-state index is 11.0. The van der Waals surface area contributed by atoms with Crippen LogP contribution in [-0.4, -0.2) is 34.5 Å². The Morgan fingerprint density at radius 3 is 2.50 bits per heavy atom. The number of fused-ring (bicyclic) bond motifs is 3. The maximum Gasteiger partial charge on any atom is 0.328 e. The molecule has 0 saturated carbocycles. The molecule has 5 nitrogen and oxygen atoms in total. The predicted octanol–water partition coefficient (Wildman–Crippen LogP) is 5.46. The number of aliphatic imine (C=N–C) groups is 1. The summed E-state index contributed by atoms with van der Waals surface area (Å²) in [6, 6.07) is 10.1. The smallest absolute Gasteiger partial charge is 0.328 e. The summed E-state index contributed by atoms with van der Waals surface area (Å²) in [5.41, 5.74) is 6.58. The molecule has 0 spiro atoms. The number of rotatable bonds is 5. The van der Waals surface area contributed by atoms with Gasteiger partial charge in [0.25, 0.3) is 0 Å². The number of hydrogen-bond acceptors (Lipinski definition) is 4. The second-order valence-corrected chi connectivity index (χ2v) is 9.88. The van der Waals surface area contributed by atoms with Crippen LogP contribution in [0.3, 0.4) is 0 Å². The second-order valence-electron chi connectivity index (χ2n) is 9.88. The molecule has 2 aliphatic heterocycles. The SMILES string of the molecule is CCOc1cc2c(c3c1OC(C)(C)C3)C(c1ccc(C(C)=CC(=O)O)cc1)=NC(C)(C)C2. The van der Waals surface area contributed by atoms with Crippen LogP contribution in [0.25, 0.3) is 5.57 Å². The summed E-state index contributed by atoms with van der Waals surface area (Å²) in [5.74, 6) is 0.704. The number of benzene rings is 2. The van der Waals surface area contributed by atoms with Crippen LogP contribution in [-0.2, 0) is 17.6 Å². The van der Waals surface area contributed by atoms with Crippen LogP contribution in [0, 0.1) is 0 Å². The molecule has 2 aliphatic rings. The third-order valence-electron chi connectivity index (χ3n) is 5.93. The van der Waals surface area contributed by atoms with Crippen molar-refractivity contribution in [1.29, 1.82) is 0 Å². The van der Waals surface area contributed by atoms with Crippen molar-refractivity contribution >= 4 is 17.3 Å². The van der Waals surface area contributed by atoms with E-state index in [9.17, 15) is 4.79 Å². The molecule has 1 N–H and O–H groups in total. The van der Waals surface area contributed by atoms with Crippen LogP contribution in [0.15, 0.2) is 41.4 Å². The number of carboxylic acid groups (broad SMARTS) is 1. The molecule has 168 valence electrons. The van der Waals surface area contributed by atoms with Gasteiger partial charge in [0, 0.05) is 29.2 Å². The summed E-state index contributed by atoms with van der Waals surface area (Å²) in [7, 11) is 0. The summed E-state index contributed by atoms with van der Waals surface area (Å²) in [4.78, 5) is 16.2.